The molecule has 27 heavy (non-hydrogen) atoms. The maximum Gasteiger partial charge on any atom is 0.470 e. The second-order valence-electron chi connectivity index (χ2n) is 6.09. The molecule has 3 rings (SSSR count). The zero-order chi connectivity index (χ0) is 19.4. The van der Waals surface area contributed by atoms with Crippen LogP contribution in [0.3, 0.4) is 0 Å². The number of carbonyl (C=O) groups is 1. The van der Waals surface area contributed by atoms with Crippen molar-refractivity contribution in [2.45, 2.75) is 24.9 Å². The molecule has 0 radical (unpaired) electrons. The molecular weight excluding hydrogens is 367 g/mol. The van der Waals surface area contributed by atoms with Crippen molar-refractivity contribution in [3.05, 3.63) is 36.0 Å². The van der Waals surface area contributed by atoms with Gasteiger partial charge in [0.15, 0.2) is 6.61 Å². The van der Waals surface area contributed by atoms with Gasteiger partial charge in [-0.25, -0.2) is 0 Å². The van der Waals surface area contributed by atoms with Gasteiger partial charge >= 0.3 is 12.1 Å². The molecule has 0 spiro atoms. The van der Waals surface area contributed by atoms with Crippen molar-refractivity contribution in [2.24, 2.45) is 0 Å². The molecule has 1 fully saturated rings. The number of halogens is 3. The van der Waals surface area contributed by atoms with Gasteiger partial charge < -0.3 is 18.8 Å². The van der Waals surface area contributed by atoms with Crippen molar-refractivity contribution in [3.63, 3.8) is 0 Å². The van der Waals surface area contributed by atoms with Crippen molar-refractivity contribution >= 4 is 5.91 Å². The number of aromatic nitrogens is 2. The number of amides is 1. The minimum Gasteiger partial charge on any atom is -0.497 e. The standard InChI is InChI=1S/C17H18F3N3O4/c1-25-12-5-2-6-13(8-12)26-10-14(24)23-7-3-4-11(9-23)15-21-22-16(27-15)17(18,19)20/h2,5-6,8,11H,3-4,7,9-10H2,1H3. The second-order valence-corrected chi connectivity index (χ2v) is 6.09. The van der Waals surface area contributed by atoms with Crippen LogP contribution in [0.5, 0.6) is 11.5 Å². The molecule has 0 aliphatic carbocycles. The summed E-state index contributed by atoms with van der Waals surface area (Å²) < 4.78 is 53.1. The van der Waals surface area contributed by atoms with Crippen LogP contribution in [0.2, 0.25) is 0 Å². The predicted molar refractivity (Wildman–Crippen MR) is 86.3 cm³/mol. The van der Waals surface area contributed by atoms with Crippen molar-refractivity contribution in [3.8, 4) is 11.5 Å². The van der Waals surface area contributed by atoms with E-state index in [0.29, 0.717) is 30.9 Å². The van der Waals surface area contributed by atoms with Gasteiger partial charge in [0.05, 0.1) is 13.0 Å². The average Bonchev–Trinajstić information content (AvgIpc) is 3.17. The van der Waals surface area contributed by atoms with E-state index in [4.69, 9.17) is 13.9 Å². The van der Waals surface area contributed by atoms with E-state index in [2.05, 4.69) is 10.2 Å². The predicted octanol–water partition coefficient (Wildman–Crippen LogP) is 2.88. The van der Waals surface area contributed by atoms with Gasteiger partial charge in [0.2, 0.25) is 5.89 Å². The number of methoxy groups -OCH3 is 1. The number of alkyl halides is 3. The Labute approximate surface area is 153 Å². The molecular formula is C17H18F3N3O4. The SMILES string of the molecule is COc1cccc(OCC(=O)N2CCCC(c3nnc(C(F)(F)F)o3)C2)c1. The third-order valence-corrected chi connectivity index (χ3v) is 4.21. The van der Waals surface area contributed by atoms with Crippen LogP contribution in [0, 0.1) is 0 Å². The van der Waals surface area contributed by atoms with Crippen molar-refractivity contribution in [1.29, 1.82) is 0 Å². The molecule has 7 nitrogen and oxygen atoms in total. The first-order chi connectivity index (χ1) is 12.9. The van der Waals surface area contributed by atoms with Crippen LogP contribution in [0.4, 0.5) is 13.2 Å². The fourth-order valence-corrected chi connectivity index (χ4v) is 2.85. The number of benzene rings is 1. The van der Waals surface area contributed by atoms with Gasteiger partial charge in [-0.3, -0.25) is 4.79 Å². The third-order valence-electron chi connectivity index (χ3n) is 4.21. The molecule has 1 aliphatic rings. The van der Waals surface area contributed by atoms with Crippen LogP contribution in [0.25, 0.3) is 0 Å². The Hall–Kier alpha value is -2.78. The number of rotatable bonds is 5. The summed E-state index contributed by atoms with van der Waals surface area (Å²) in [5.41, 5.74) is 0. The Morgan fingerprint density at radius 2 is 2.11 bits per heavy atom. The fourth-order valence-electron chi connectivity index (χ4n) is 2.85. The lowest BCUT2D eigenvalue weighted by Crippen LogP contribution is -2.41. The molecule has 1 aromatic carbocycles. The lowest BCUT2D eigenvalue weighted by molar-refractivity contribution is -0.157. The van der Waals surface area contributed by atoms with E-state index in [1.54, 1.807) is 24.3 Å². The Kier molecular flexibility index (Phi) is 5.52. The molecule has 2 heterocycles. The highest BCUT2D eigenvalue weighted by Crippen LogP contribution is 2.32. The highest BCUT2D eigenvalue weighted by molar-refractivity contribution is 5.78. The largest absolute Gasteiger partial charge is 0.497 e. The summed E-state index contributed by atoms with van der Waals surface area (Å²) in [6, 6.07) is 6.85. The molecule has 10 heteroatoms. The van der Waals surface area contributed by atoms with E-state index in [9.17, 15) is 18.0 Å². The first-order valence-electron chi connectivity index (χ1n) is 8.32. The molecule has 1 atom stereocenters. The molecule has 0 bridgehead atoms. The quantitative estimate of drug-likeness (QED) is 0.788. The van der Waals surface area contributed by atoms with Crippen molar-refractivity contribution in [1.82, 2.24) is 15.1 Å². The van der Waals surface area contributed by atoms with E-state index in [-0.39, 0.29) is 24.9 Å². The van der Waals surface area contributed by atoms with Gasteiger partial charge in [0.1, 0.15) is 11.5 Å². The summed E-state index contributed by atoms with van der Waals surface area (Å²) in [7, 11) is 1.53. The van der Waals surface area contributed by atoms with Gasteiger partial charge in [0.25, 0.3) is 5.91 Å². The molecule has 0 N–H and O–H groups in total. The van der Waals surface area contributed by atoms with Gasteiger partial charge in [-0.15, -0.1) is 10.2 Å². The first kappa shape index (κ1) is 19.0. The summed E-state index contributed by atoms with van der Waals surface area (Å²) >= 11 is 0. The van der Waals surface area contributed by atoms with Gasteiger partial charge in [0, 0.05) is 19.2 Å². The van der Waals surface area contributed by atoms with Crippen LogP contribution in [0.15, 0.2) is 28.7 Å². The van der Waals surface area contributed by atoms with E-state index in [0.717, 1.165) is 0 Å². The van der Waals surface area contributed by atoms with Crippen LogP contribution in [-0.4, -0.2) is 47.8 Å². The van der Waals surface area contributed by atoms with E-state index in [1.807, 2.05) is 0 Å². The van der Waals surface area contributed by atoms with Gasteiger partial charge in [-0.05, 0) is 25.0 Å². The minimum absolute atomic E-state index is 0.103. The third kappa shape index (κ3) is 4.69. The summed E-state index contributed by atoms with van der Waals surface area (Å²) in [5.74, 6) is -1.07. The lowest BCUT2D eigenvalue weighted by Gasteiger charge is -2.31. The zero-order valence-electron chi connectivity index (χ0n) is 14.5. The number of likely N-dealkylation sites (tertiary alicyclic amines) is 1. The Balaban J connectivity index is 1.58. The summed E-state index contributed by atoms with van der Waals surface area (Å²) in [4.78, 5) is 13.9. The van der Waals surface area contributed by atoms with Gasteiger partial charge in [-0.1, -0.05) is 6.07 Å². The molecule has 1 aromatic heterocycles. The molecule has 0 saturated carbocycles. The summed E-state index contributed by atoms with van der Waals surface area (Å²) in [6.07, 6.45) is -3.49. The number of hydrogen-bond acceptors (Lipinski definition) is 6. The monoisotopic (exact) mass is 385 g/mol. The van der Waals surface area contributed by atoms with Crippen LogP contribution < -0.4 is 9.47 Å². The molecule has 146 valence electrons. The van der Waals surface area contributed by atoms with Gasteiger partial charge in [-0.2, -0.15) is 13.2 Å². The Morgan fingerprint density at radius 3 is 2.81 bits per heavy atom. The van der Waals surface area contributed by atoms with E-state index < -0.39 is 18.0 Å². The normalized spacial score (nSPS) is 17.6. The first-order valence-corrected chi connectivity index (χ1v) is 8.32. The molecule has 2 aromatic rings. The van der Waals surface area contributed by atoms with E-state index in [1.165, 1.54) is 12.0 Å². The Morgan fingerprint density at radius 1 is 1.33 bits per heavy atom. The maximum atomic E-state index is 12.6. The number of nitrogens with zero attached hydrogens (tertiary/aromatic N) is 3. The lowest BCUT2D eigenvalue weighted by atomic mass is 9.98. The number of ether oxygens (including phenoxy) is 2. The number of hydrogen-bond donors (Lipinski definition) is 0. The smallest absolute Gasteiger partial charge is 0.470 e. The average molecular weight is 385 g/mol. The highest BCUT2D eigenvalue weighted by atomic mass is 19.4. The van der Waals surface area contributed by atoms with E-state index >= 15 is 0 Å². The topological polar surface area (TPSA) is 77.7 Å². The zero-order valence-corrected chi connectivity index (χ0v) is 14.5. The molecule has 1 amide bonds. The molecule has 1 unspecified atom stereocenters. The second kappa shape index (κ2) is 7.85. The minimum atomic E-state index is -4.68. The van der Waals surface area contributed by atoms with Crippen molar-refractivity contribution in [2.75, 3.05) is 26.8 Å². The fraction of sp³-hybridized carbons (Fsp3) is 0.471. The molecule has 1 saturated heterocycles. The summed E-state index contributed by atoms with van der Waals surface area (Å²) in [5, 5.41) is 6.54. The van der Waals surface area contributed by atoms with Crippen LogP contribution >= 0.6 is 0 Å². The highest BCUT2D eigenvalue weighted by Gasteiger charge is 2.39. The Bertz CT molecular complexity index is 794. The molecule has 1 aliphatic heterocycles. The number of piperidine rings is 1. The maximum absolute atomic E-state index is 12.6. The number of carbonyl (C=O) groups excluding carboxylic acids is 1. The summed E-state index contributed by atoms with van der Waals surface area (Å²) in [6.45, 7) is 0.522. The van der Waals surface area contributed by atoms with Crippen LogP contribution in [0.1, 0.15) is 30.5 Å². The van der Waals surface area contributed by atoms with Crippen molar-refractivity contribution < 1.29 is 31.9 Å². The van der Waals surface area contributed by atoms with Crippen LogP contribution in [-0.2, 0) is 11.0 Å².